The molecule has 2 aromatic rings. The first-order chi connectivity index (χ1) is 13.1. The molecule has 2 saturated carbocycles. The summed E-state index contributed by atoms with van der Waals surface area (Å²) in [6.45, 7) is 0. The van der Waals surface area contributed by atoms with Gasteiger partial charge in [-0.1, -0.05) is 20.3 Å². The van der Waals surface area contributed by atoms with Gasteiger partial charge in [0.2, 0.25) is 0 Å². The highest BCUT2D eigenvalue weighted by Crippen LogP contribution is 2.30. The fraction of sp³-hybridized carbons (Fsp3) is 0.619. The van der Waals surface area contributed by atoms with E-state index in [-0.39, 0.29) is 18.9 Å². The Kier molecular flexibility index (Phi) is 6.99. The number of rotatable bonds is 5. The molecule has 7 heteroatoms. The van der Waals surface area contributed by atoms with Crippen LogP contribution in [0.5, 0.6) is 0 Å². The molecule has 3 N–H and O–H groups in total. The number of nitrogens with one attached hydrogen (secondary N) is 2. The second-order valence-corrected chi connectivity index (χ2v) is 9.02. The first-order valence-electron chi connectivity index (χ1n) is 9.87. The minimum Gasteiger partial charge on any atom is -0.393 e. The SMILES string of the molecule is C.O=c1[nH]c(CSC2CCC(O)CC2)nc2cc(NC3CCCC3)cc(F)c12. The molecule has 1 aromatic carbocycles. The Morgan fingerprint density at radius 1 is 1.18 bits per heavy atom. The van der Waals surface area contributed by atoms with Crippen molar-refractivity contribution < 1.29 is 9.50 Å². The first kappa shape index (κ1) is 21.1. The molecular formula is C21H30FN3O2S. The second-order valence-electron chi connectivity index (χ2n) is 7.73. The van der Waals surface area contributed by atoms with Crippen LogP contribution in [0.25, 0.3) is 10.9 Å². The third kappa shape index (κ3) is 4.87. The van der Waals surface area contributed by atoms with Crippen LogP contribution in [0.3, 0.4) is 0 Å². The Labute approximate surface area is 169 Å². The van der Waals surface area contributed by atoms with Gasteiger partial charge in [0.1, 0.15) is 17.0 Å². The monoisotopic (exact) mass is 407 g/mol. The summed E-state index contributed by atoms with van der Waals surface area (Å²) in [5.41, 5.74) is 0.693. The highest BCUT2D eigenvalue weighted by molar-refractivity contribution is 7.99. The average Bonchev–Trinajstić information content (AvgIpc) is 3.13. The van der Waals surface area contributed by atoms with Crippen molar-refractivity contribution in [3.8, 4) is 0 Å². The summed E-state index contributed by atoms with van der Waals surface area (Å²) in [4.78, 5) is 19.6. The number of fused-ring (bicyclic) bond motifs is 1. The Morgan fingerprint density at radius 2 is 1.89 bits per heavy atom. The van der Waals surface area contributed by atoms with Crippen molar-refractivity contribution in [2.75, 3.05) is 5.32 Å². The number of aliphatic hydroxyl groups excluding tert-OH is 1. The summed E-state index contributed by atoms with van der Waals surface area (Å²) in [6.07, 6.45) is 8.05. The molecule has 0 bridgehead atoms. The predicted molar refractivity (Wildman–Crippen MR) is 114 cm³/mol. The molecule has 5 nitrogen and oxygen atoms in total. The number of aromatic nitrogens is 2. The fourth-order valence-electron chi connectivity index (χ4n) is 4.14. The number of aliphatic hydroxyl groups is 1. The van der Waals surface area contributed by atoms with Crippen LogP contribution in [0, 0.1) is 5.82 Å². The molecule has 1 aromatic heterocycles. The lowest BCUT2D eigenvalue weighted by Crippen LogP contribution is -2.20. The molecule has 0 aliphatic heterocycles. The normalized spacial score (nSPS) is 22.9. The first-order valence-corrected chi connectivity index (χ1v) is 10.9. The van der Waals surface area contributed by atoms with Crippen LogP contribution in [-0.2, 0) is 5.75 Å². The van der Waals surface area contributed by atoms with Crippen LogP contribution in [-0.4, -0.2) is 32.5 Å². The molecule has 4 rings (SSSR count). The molecule has 2 aliphatic rings. The van der Waals surface area contributed by atoms with Crippen molar-refractivity contribution in [1.29, 1.82) is 0 Å². The maximum absolute atomic E-state index is 14.5. The molecular weight excluding hydrogens is 377 g/mol. The average molecular weight is 408 g/mol. The summed E-state index contributed by atoms with van der Waals surface area (Å²) in [6, 6.07) is 3.57. The lowest BCUT2D eigenvalue weighted by Gasteiger charge is -2.24. The van der Waals surface area contributed by atoms with Gasteiger partial charge in [-0.05, 0) is 50.7 Å². The molecule has 2 fully saturated rings. The molecule has 0 spiro atoms. The number of thioether (sulfide) groups is 1. The number of hydrogen-bond donors (Lipinski definition) is 3. The zero-order chi connectivity index (χ0) is 18.8. The molecule has 154 valence electrons. The molecule has 0 saturated heterocycles. The van der Waals surface area contributed by atoms with E-state index in [1.165, 1.54) is 18.9 Å². The van der Waals surface area contributed by atoms with Crippen molar-refractivity contribution in [2.45, 2.75) is 81.9 Å². The summed E-state index contributed by atoms with van der Waals surface area (Å²) in [5.74, 6) is 0.650. The van der Waals surface area contributed by atoms with E-state index >= 15 is 0 Å². The summed E-state index contributed by atoms with van der Waals surface area (Å²) < 4.78 is 14.5. The molecule has 2 aliphatic carbocycles. The van der Waals surface area contributed by atoms with Crippen LogP contribution >= 0.6 is 11.8 Å². The summed E-state index contributed by atoms with van der Waals surface area (Å²) >= 11 is 1.75. The smallest absolute Gasteiger partial charge is 0.261 e. The van der Waals surface area contributed by atoms with Crippen LogP contribution in [0.2, 0.25) is 0 Å². The lowest BCUT2D eigenvalue weighted by molar-refractivity contribution is 0.132. The van der Waals surface area contributed by atoms with E-state index in [4.69, 9.17) is 0 Å². The van der Waals surface area contributed by atoms with E-state index in [9.17, 15) is 14.3 Å². The number of halogens is 1. The van der Waals surface area contributed by atoms with Crippen molar-refractivity contribution in [2.24, 2.45) is 0 Å². The minimum absolute atomic E-state index is 0. The number of aromatic amines is 1. The molecule has 0 radical (unpaired) electrons. The highest BCUT2D eigenvalue weighted by Gasteiger charge is 2.20. The van der Waals surface area contributed by atoms with Crippen molar-refractivity contribution in [1.82, 2.24) is 9.97 Å². The van der Waals surface area contributed by atoms with Gasteiger partial charge in [-0.3, -0.25) is 4.79 Å². The quantitative estimate of drug-likeness (QED) is 0.676. The van der Waals surface area contributed by atoms with Crippen molar-refractivity contribution >= 4 is 28.4 Å². The Balaban J connectivity index is 0.00000225. The maximum atomic E-state index is 14.5. The van der Waals surface area contributed by atoms with Crippen molar-refractivity contribution in [3.05, 3.63) is 34.1 Å². The Bertz CT molecular complexity index is 859. The molecule has 28 heavy (non-hydrogen) atoms. The minimum atomic E-state index is -0.526. The van der Waals surface area contributed by atoms with Gasteiger partial charge in [0.05, 0.1) is 17.4 Å². The Hall–Kier alpha value is -1.60. The third-order valence-corrected chi connectivity index (χ3v) is 7.02. The van der Waals surface area contributed by atoms with Gasteiger partial charge in [-0.25, -0.2) is 9.37 Å². The second kappa shape index (κ2) is 9.27. The number of nitrogens with zero attached hydrogens (tertiary/aromatic N) is 1. The van der Waals surface area contributed by atoms with Gasteiger partial charge in [-0.2, -0.15) is 11.8 Å². The number of H-pyrrole nitrogens is 1. The number of hydrogen-bond acceptors (Lipinski definition) is 5. The maximum Gasteiger partial charge on any atom is 0.261 e. The molecule has 0 unspecified atom stereocenters. The molecule has 0 amide bonds. The van der Waals surface area contributed by atoms with Gasteiger partial charge in [0, 0.05) is 17.0 Å². The number of anilines is 1. The largest absolute Gasteiger partial charge is 0.393 e. The topological polar surface area (TPSA) is 78.0 Å². The van der Waals surface area contributed by atoms with E-state index in [2.05, 4.69) is 15.3 Å². The number of benzene rings is 1. The van der Waals surface area contributed by atoms with E-state index in [0.29, 0.717) is 34.1 Å². The zero-order valence-electron chi connectivity index (χ0n) is 15.3. The van der Waals surface area contributed by atoms with E-state index in [1.54, 1.807) is 17.8 Å². The van der Waals surface area contributed by atoms with Gasteiger partial charge in [-0.15, -0.1) is 0 Å². The standard InChI is InChI=1S/C20H26FN3O2S.CH4/c21-16-9-13(22-12-3-1-2-4-12)10-17-19(16)20(26)24-18(23-17)11-27-15-7-5-14(25)6-8-15;/h9-10,12,14-15,22,25H,1-8,11H2,(H,23,24,26);1H4. The third-order valence-electron chi connectivity index (χ3n) is 5.64. The van der Waals surface area contributed by atoms with E-state index in [1.807, 2.05) is 0 Å². The van der Waals surface area contributed by atoms with Crippen LogP contribution in [0.1, 0.15) is 64.6 Å². The predicted octanol–water partition coefficient (Wildman–Crippen LogP) is 4.59. The van der Waals surface area contributed by atoms with E-state index in [0.717, 1.165) is 38.5 Å². The van der Waals surface area contributed by atoms with Gasteiger partial charge >= 0.3 is 0 Å². The van der Waals surface area contributed by atoms with Gasteiger partial charge in [0.15, 0.2) is 0 Å². The fourth-order valence-corrected chi connectivity index (χ4v) is 5.27. The molecule has 1 heterocycles. The zero-order valence-corrected chi connectivity index (χ0v) is 16.2. The Morgan fingerprint density at radius 3 is 2.61 bits per heavy atom. The van der Waals surface area contributed by atoms with Gasteiger partial charge < -0.3 is 15.4 Å². The van der Waals surface area contributed by atoms with Crippen LogP contribution < -0.4 is 10.9 Å². The van der Waals surface area contributed by atoms with E-state index < -0.39 is 11.4 Å². The van der Waals surface area contributed by atoms with Gasteiger partial charge in [0.25, 0.3) is 5.56 Å². The molecule has 0 atom stereocenters. The summed E-state index contributed by atoms with van der Waals surface area (Å²) in [7, 11) is 0. The lowest BCUT2D eigenvalue weighted by atomic mass is 9.97. The van der Waals surface area contributed by atoms with Crippen LogP contribution in [0.15, 0.2) is 16.9 Å². The summed E-state index contributed by atoms with van der Waals surface area (Å²) in [5, 5.41) is 13.5. The van der Waals surface area contributed by atoms with Crippen molar-refractivity contribution in [3.63, 3.8) is 0 Å². The van der Waals surface area contributed by atoms with Crippen LogP contribution in [0.4, 0.5) is 10.1 Å². The highest BCUT2D eigenvalue weighted by atomic mass is 32.2.